The summed E-state index contributed by atoms with van der Waals surface area (Å²) in [5, 5.41) is 12.4. The summed E-state index contributed by atoms with van der Waals surface area (Å²) in [6.07, 6.45) is 5.96. The van der Waals surface area contributed by atoms with Gasteiger partial charge in [0.25, 0.3) is 10.0 Å². The number of hydrogen-bond acceptors (Lipinski definition) is 5. The molecule has 2 N–H and O–H groups in total. The number of aromatic nitrogens is 4. The van der Waals surface area contributed by atoms with Gasteiger partial charge in [-0.05, 0) is 44.4 Å². The lowest BCUT2D eigenvalue weighted by Gasteiger charge is -2.70. The van der Waals surface area contributed by atoms with Gasteiger partial charge in [-0.25, -0.2) is 27.2 Å². The molecular weight excluding hydrogens is 418 g/mol. The summed E-state index contributed by atoms with van der Waals surface area (Å²) in [5.74, 6) is 0. The average molecular weight is 437 g/mol. The van der Waals surface area contributed by atoms with Crippen molar-refractivity contribution >= 4 is 38.2 Å². The van der Waals surface area contributed by atoms with Gasteiger partial charge in [-0.3, -0.25) is 0 Å². The van der Waals surface area contributed by atoms with Crippen molar-refractivity contribution in [1.29, 1.82) is 0 Å². The molecule has 1 amide bonds. The molecule has 3 aliphatic carbocycles. The minimum Gasteiger partial charge on any atom is -0.465 e. The fourth-order valence-corrected chi connectivity index (χ4v) is 6.59. The van der Waals surface area contributed by atoms with Crippen molar-refractivity contribution in [1.82, 2.24) is 23.8 Å². The number of nitrogens with zero attached hydrogens (tertiary/aromatic N) is 4. The number of pyridine rings is 1. The number of fused-ring (bicyclic) bond motifs is 3. The van der Waals surface area contributed by atoms with E-state index in [9.17, 15) is 13.2 Å². The van der Waals surface area contributed by atoms with Gasteiger partial charge in [-0.1, -0.05) is 17.7 Å². The van der Waals surface area contributed by atoms with Crippen LogP contribution in [0.1, 0.15) is 24.8 Å². The molecule has 0 aliphatic heterocycles. The van der Waals surface area contributed by atoms with Crippen LogP contribution in [0.2, 0.25) is 0 Å². The Morgan fingerprint density at radius 1 is 1.13 bits per heavy atom. The summed E-state index contributed by atoms with van der Waals surface area (Å²) in [6.45, 7) is 1.90. The van der Waals surface area contributed by atoms with E-state index in [0.29, 0.717) is 35.8 Å². The van der Waals surface area contributed by atoms with Gasteiger partial charge in [-0.2, -0.15) is 0 Å². The van der Waals surface area contributed by atoms with E-state index in [-0.39, 0.29) is 16.0 Å². The maximum Gasteiger partial charge on any atom is 0.405 e. The molecular formula is C21H19N5O4S. The molecule has 2 bridgehead atoms. The molecule has 0 atom stereocenters. The molecule has 3 heterocycles. The number of aryl methyl sites for hydroxylation is 1. The lowest BCUT2D eigenvalue weighted by molar-refractivity contribution is -0.130. The van der Waals surface area contributed by atoms with Gasteiger partial charge in [0.2, 0.25) is 0 Å². The van der Waals surface area contributed by atoms with E-state index in [1.54, 1.807) is 42.9 Å². The third-order valence-electron chi connectivity index (χ3n) is 6.65. The number of amides is 1. The second-order valence-corrected chi connectivity index (χ2v) is 10.6. The van der Waals surface area contributed by atoms with Crippen LogP contribution in [0.3, 0.4) is 0 Å². The monoisotopic (exact) mass is 437 g/mol. The first-order valence-corrected chi connectivity index (χ1v) is 11.3. The quantitative estimate of drug-likeness (QED) is 0.507. The number of benzene rings is 1. The molecule has 158 valence electrons. The lowest BCUT2D eigenvalue weighted by atomic mass is 9.44. The van der Waals surface area contributed by atoms with Crippen molar-refractivity contribution < 1.29 is 18.3 Å². The predicted molar refractivity (Wildman–Crippen MR) is 113 cm³/mol. The normalized spacial score (nSPS) is 24.7. The zero-order valence-corrected chi connectivity index (χ0v) is 17.4. The fraction of sp³-hybridized carbons (Fsp3) is 0.286. The molecule has 7 rings (SSSR count). The summed E-state index contributed by atoms with van der Waals surface area (Å²) in [6, 6.07) is 8.48. The molecule has 0 saturated heterocycles. The summed E-state index contributed by atoms with van der Waals surface area (Å²) < 4.78 is 29.7. The van der Waals surface area contributed by atoms with Crippen LogP contribution in [-0.4, -0.2) is 43.7 Å². The molecule has 3 aromatic heterocycles. The summed E-state index contributed by atoms with van der Waals surface area (Å²) in [7, 11) is -3.79. The van der Waals surface area contributed by atoms with Crippen LogP contribution in [0.5, 0.6) is 0 Å². The molecule has 4 aromatic rings. The highest BCUT2D eigenvalue weighted by Gasteiger charge is 2.70. The molecule has 3 saturated carbocycles. The van der Waals surface area contributed by atoms with Crippen molar-refractivity contribution in [3.8, 4) is 0 Å². The Kier molecular flexibility index (Phi) is 3.34. The second-order valence-electron chi connectivity index (χ2n) is 8.74. The van der Waals surface area contributed by atoms with Gasteiger partial charge in [0.05, 0.1) is 34.0 Å². The predicted octanol–water partition coefficient (Wildman–Crippen LogP) is 2.83. The third-order valence-corrected chi connectivity index (χ3v) is 8.33. The molecule has 0 spiro atoms. The largest absolute Gasteiger partial charge is 0.465 e. The third kappa shape index (κ3) is 2.36. The molecule has 3 aliphatic rings. The van der Waals surface area contributed by atoms with Gasteiger partial charge >= 0.3 is 6.09 Å². The van der Waals surface area contributed by atoms with Crippen LogP contribution in [0.25, 0.3) is 22.1 Å². The molecule has 0 unspecified atom stereocenters. The zero-order valence-electron chi connectivity index (χ0n) is 16.6. The number of carboxylic acid groups (broad SMARTS) is 1. The van der Waals surface area contributed by atoms with E-state index in [0.717, 1.165) is 11.1 Å². The van der Waals surface area contributed by atoms with E-state index >= 15 is 0 Å². The van der Waals surface area contributed by atoms with Crippen molar-refractivity contribution in [2.75, 3.05) is 0 Å². The average Bonchev–Trinajstić information content (AvgIpc) is 3.27. The summed E-state index contributed by atoms with van der Waals surface area (Å²) >= 11 is 0. The van der Waals surface area contributed by atoms with Crippen LogP contribution in [0, 0.1) is 6.92 Å². The van der Waals surface area contributed by atoms with Crippen LogP contribution in [0.4, 0.5) is 4.79 Å². The maximum atomic E-state index is 13.2. The zero-order chi connectivity index (χ0) is 21.6. The molecule has 0 radical (unpaired) electrons. The van der Waals surface area contributed by atoms with E-state index in [1.165, 1.54) is 10.2 Å². The highest BCUT2D eigenvalue weighted by molar-refractivity contribution is 7.90. The first-order valence-electron chi connectivity index (χ1n) is 9.90. The molecule has 10 heteroatoms. The van der Waals surface area contributed by atoms with Crippen molar-refractivity contribution in [2.24, 2.45) is 0 Å². The minimum atomic E-state index is -3.79. The highest BCUT2D eigenvalue weighted by Crippen LogP contribution is 2.65. The smallest absolute Gasteiger partial charge is 0.405 e. The lowest BCUT2D eigenvalue weighted by Crippen LogP contribution is -2.78. The van der Waals surface area contributed by atoms with E-state index in [2.05, 4.69) is 19.9 Å². The molecule has 3 fully saturated rings. The highest BCUT2D eigenvalue weighted by atomic mass is 32.2. The van der Waals surface area contributed by atoms with E-state index in [1.807, 2.05) is 6.92 Å². The Bertz CT molecular complexity index is 1480. The van der Waals surface area contributed by atoms with Crippen LogP contribution in [0.15, 0.2) is 53.9 Å². The van der Waals surface area contributed by atoms with Gasteiger partial charge in [0, 0.05) is 11.6 Å². The first-order chi connectivity index (χ1) is 14.7. The Labute approximate surface area is 177 Å². The van der Waals surface area contributed by atoms with Crippen LogP contribution < -0.4 is 5.32 Å². The number of imidazole rings is 1. The first kappa shape index (κ1) is 18.4. The number of rotatable bonds is 4. The fourth-order valence-electron chi connectivity index (χ4n) is 5.29. The number of carbonyl (C=O) groups is 1. The Morgan fingerprint density at radius 3 is 2.52 bits per heavy atom. The maximum absolute atomic E-state index is 13.2. The van der Waals surface area contributed by atoms with Crippen molar-refractivity contribution in [2.45, 2.75) is 42.2 Å². The van der Waals surface area contributed by atoms with Crippen molar-refractivity contribution in [3.63, 3.8) is 0 Å². The van der Waals surface area contributed by atoms with Crippen LogP contribution >= 0.6 is 0 Å². The van der Waals surface area contributed by atoms with E-state index < -0.39 is 16.1 Å². The Morgan fingerprint density at radius 2 is 1.84 bits per heavy atom. The SMILES string of the molecule is Cc1ccc(S(=O)(=O)n2ccc3c4c(cnc32)ncn4C23CC(NC(=O)O)(C2)C3)cc1. The van der Waals surface area contributed by atoms with E-state index in [4.69, 9.17) is 5.11 Å². The second kappa shape index (κ2) is 5.64. The standard InChI is InChI=1S/C21H19N5O4S/c1-13-2-4-14(5-3-13)31(29,30)26-7-6-15-17-16(8-22-18(15)26)23-12-25(17)21-9-20(10-21,11-21)24-19(27)28/h2-8,12,24H,9-11H2,1H3,(H,27,28). The summed E-state index contributed by atoms with van der Waals surface area (Å²) in [4.78, 5) is 20.1. The number of hydrogen-bond donors (Lipinski definition) is 2. The van der Waals surface area contributed by atoms with Gasteiger partial charge in [0.15, 0.2) is 5.65 Å². The van der Waals surface area contributed by atoms with Crippen LogP contribution in [-0.2, 0) is 15.6 Å². The molecule has 31 heavy (non-hydrogen) atoms. The van der Waals surface area contributed by atoms with Gasteiger partial charge in [-0.15, -0.1) is 0 Å². The Hall–Kier alpha value is -3.40. The molecule has 9 nitrogen and oxygen atoms in total. The number of nitrogens with one attached hydrogen (secondary N) is 1. The molecule has 1 aromatic carbocycles. The summed E-state index contributed by atoms with van der Waals surface area (Å²) in [5.41, 5.74) is 2.29. The minimum absolute atomic E-state index is 0.191. The van der Waals surface area contributed by atoms with Gasteiger partial charge in [0.1, 0.15) is 5.52 Å². The topological polar surface area (TPSA) is 119 Å². The Balaban J connectivity index is 1.46. The van der Waals surface area contributed by atoms with Gasteiger partial charge < -0.3 is 15.0 Å². The van der Waals surface area contributed by atoms with Crippen molar-refractivity contribution in [3.05, 3.63) is 54.6 Å².